The van der Waals surface area contributed by atoms with E-state index in [2.05, 4.69) is 19.6 Å². The van der Waals surface area contributed by atoms with E-state index >= 15 is 0 Å². The summed E-state index contributed by atoms with van der Waals surface area (Å²) in [6.45, 7) is 2.60. The molecule has 2 aliphatic heterocycles. The molecule has 0 aliphatic carbocycles. The van der Waals surface area contributed by atoms with Gasteiger partial charge < -0.3 is 14.2 Å². The number of hydrogen-bond acceptors (Lipinski definition) is 6. The highest BCUT2D eigenvalue weighted by molar-refractivity contribution is 5.79. The number of piperidine rings is 1. The highest BCUT2D eigenvalue weighted by atomic mass is 19.4. The Morgan fingerprint density at radius 1 is 1.17 bits per heavy atom. The Morgan fingerprint density at radius 3 is 2.62 bits per heavy atom. The van der Waals surface area contributed by atoms with Crippen molar-refractivity contribution < 1.29 is 27.2 Å². The third-order valence-electron chi connectivity index (χ3n) is 5.43. The largest absolute Gasteiger partial charge is 0.471 e. The van der Waals surface area contributed by atoms with Crippen LogP contribution < -0.4 is 0 Å². The summed E-state index contributed by atoms with van der Waals surface area (Å²) in [5, 5.41) is 3.37. The van der Waals surface area contributed by atoms with Gasteiger partial charge in [0.25, 0.3) is 0 Å². The third-order valence-corrected chi connectivity index (χ3v) is 5.43. The number of halogens is 3. The van der Waals surface area contributed by atoms with Gasteiger partial charge in [-0.3, -0.25) is 9.78 Å². The van der Waals surface area contributed by atoms with Crippen LogP contribution in [0.15, 0.2) is 22.9 Å². The molecule has 2 fully saturated rings. The van der Waals surface area contributed by atoms with Crippen LogP contribution in [0.4, 0.5) is 13.2 Å². The normalized spacial score (nSPS) is 21.3. The number of alkyl halides is 3. The molecule has 2 saturated heterocycles. The van der Waals surface area contributed by atoms with E-state index in [1.54, 1.807) is 12.1 Å². The fraction of sp³-hybridized carbons (Fsp3) is 0.579. The fourth-order valence-electron chi connectivity index (χ4n) is 3.86. The van der Waals surface area contributed by atoms with Crippen LogP contribution in [-0.2, 0) is 15.7 Å². The van der Waals surface area contributed by atoms with Crippen molar-refractivity contribution in [3.8, 4) is 11.4 Å². The average Bonchev–Trinajstić information content (AvgIpc) is 3.25. The van der Waals surface area contributed by atoms with Crippen LogP contribution in [0, 0.1) is 5.92 Å². The Bertz CT molecular complexity index is 847. The number of nitrogens with zero attached hydrogens (tertiary/aromatic N) is 4. The van der Waals surface area contributed by atoms with E-state index in [1.807, 2.05) is 4.90 Å². The maximum Gasteiger partial charge on any atom is 0.471 e. The van der Waals surface area contributed by atoms with Gasteiger partial charge in [0.1, 0.15) is 0 Å². The molecular weight excluding hydrogens is 389 g/mol. The lowest BCUT2D eigenvalue weighted by atomic mass is 9.91. The maximum absolute atomic E-state index is 12.8. The number of carbonyl (C=O) groups excluding carboxylic acids is 1. The summed E-state index contributed by atoms with van der Waals surface area (Å²) in [5.74, 6) is -1.24. The summed E-state index contributed by atoms with van der Waals surface area (Å²) in [7, 11) is 0. The zero-order valence-corrected chi connectivity index (χ0v) is 15.7. The van der Waals surface area contributed by atoms with E-state index in [-0.39, 0.29) is 23.6 Å². The van der Waals surface area contributed by atoms with E-state index in [0.29, 0.717) is 25.3 Å². The molecule has 2 aromatic heterocycles. The second kappa shape index (κ2) is 8.10. The minimum absolute atomic E-state index is 0.0268. The topological polar surface area (TPSA) is 81.4 Å². The molecule has 2 aliphatic rings. The third kappa shape index (κ3) is 4.42. The van der Waals surface area contributed by atoms with E-state index in [1.165, 1.54) is 6.20 Å². The van der Waals surface area contributed by atoms with Crippen molar-refractivity contribution in [1.82, 2.24) is 20.0 Å². The van der Waals surface area contributed by atoms with Gasteiger partial charge in [0.2, 0.25) is 11.7 Å². The molecule has 29 heavy (non-hydrogen) atoms. The summed E-state index contributed by atoms with van der Waals surface area (Å²) < 4.78 is 47.4. The number of pyridine rings is 1. The summed E-state index contributed by atoms with van der Waals surface area (Å²) in [6.07, 6.45) is 0.0864. The first-order chi connectivity index (χ1) is 13.9. The first-order valence-corrected chi connectivity index (χ1v) is 9.65. The van der Waals surface area contributed by atoms with Crippen molar-refractivity contribution in [3.63, 3.8) is 0 Å². The predicted octanol–water partition coefficient (Wildman–Crippen LogP) is 3.28. The van der Waals surface area contributed by atoms with Gasteiger partial charge in [-0.2, -0.15) is 18.2 Å². The van der Waals surface area contributed by atoms with Crippen molar-refractivity contribution in [2.24, 2.45) is 5.92 Å². The van der Waals surface area contributed by atoms with E-state index in [4.69, 9.17) is 4.74 Å². The standard InChI is InChI=1S/C19H21F3N4O3/c20-19(21,22)18-24-16(25-29-18)13-3-4-15(23-10-13)14-2-1-7-26(11-14)17(27)12-5-8-28-9-6-12/h3-4,10,12,14H,1-2,5-9,11H2/t14-/m0/s1. The molecular formula is C19H21F3N4O3. The molecule has 2 aromatic rings. The van der Waals surface area contributed by atoms with Gasteiger partial charge in [-0.25, -0.2) is 0 Å². The predicted molar refractivity (Wildman–Crippen MR) is 94.6 cm³/mol. The van der Waals surface area contributed by atoms with Gasteiger partial charge in [-0.05, 0) is 37.8 Å². The van der Waals surface area contributed by atoms with Crippen molar-refractivity contribution in [3.05, 3.63) is 29.9 Å². The molecule has 4 heterocycles. The second-order valence-electron chi connectivity index (χ2n) is 7.40. The summed E-state index contributed by atoms with van der Waals surface area (Å²) >= 11 is 0. The van der Waals surface area contributed by atoms with E-state index in [9.17, 15) is 18.0 Å². The van der Waals surface area contributed by atoms with Crippen LogP contribution in [0.1, 0.15) is 43.2 Å². The Hall–Kier alpha value is -2.49. The van der Waals surface area contributed by atoms with Crippen LogP contribution in [-0.4, -0.2) is 52.2 Å². The van der Waals surface area contributed by atoms with E-state index in [0.717, 1.165) is 37.9 Å². The zero-order chi connectivity index (χ0) is 20.4. The number of rotatable bonds is 3. The van der Waals surface area contributed by atoms with Gasteiger partial charge >= 0.3 is 12.1 Å². The Balaban J connectivity index is 1.43. The molecule has 0 radical (unpaired) electrons. The molecule has 1 amide bonds. The summed E-state index contributed by atoms with van der Waals surface area (Å²) in [6, 6.07) is 3.39. The number of aromatic nitrogens is 3. The lowest BCUT2D eigenvalue weighted by Gasteiger charge is -2.35. The van der Waals surface area contributed by atoms with Gasteiger partial charge in [0, 0.05) is 55.6 Å². The molecule has 10 heteroatoms. The molecule has 156 valence electrons. The Morgan fingerprint density at radius 2 is 1.97 bits per heavy atom. The molecule has 0 bridgehead atoms. The van der Waals surface area contributed by atoms with Crippen LogP contribution in [0.25, 0.3) is 11.4 Å². The maximum atomic E-state index is 12.8. The van der Waals surface area contributed by atoms with Crippen LogP contribution in [0.2, 0.25) is 0 Å². The monoisotopic (exact) mass is 410 g/mol. The van der Waals surface area contributed by atoms with Gasteiger partial charge in [-0.1, -0.05) is 5.16 Å². The van der Waals surface area contributed by atoms with Crippen molar-refractivity contribution >= 4 is 5.91 Å². The Kier molecular flexibility index (Phi) is 5.53. The zero-order valence-electron chi connectivity index (χ0n) is 15.7. The number of carbonyl (C=O) groups is 1. The van der Waals surface area contributed by atoms with Gasteiger partial charge in [0.05, 0.1) is 0 Å². The summed E-state index contributed by atoms with van der Waals surface area (Å²) in [5.41, 5.74) is 1.15. The molecule has 0 aromatic carbocycles. The molecule has 0 saturated carbocycles. The number of hydrogen-bond donors (Lipinski definition) is 0. The molecule has 7 nitrogen and oxygen atoms in total. The minimum atomic E-state index is -4.68. The second-order valence-corrected chi connectivity index (χ2v) is 7.40. The van der Waals surface area contributed by atoms with Gasteiger partial charge in [-0.15, -0.1) is 0 Å². The Labute approximate surface area is 165 Å². The summed E-state index contributed by atoms with van der Waals surface area (Å²) in [4.78, 5) is 22.5. The average molecular weight is 410 g/mol. The van der Waals surface area contributed by atoms with Crippen molar-refractivity contribution in [2.45, 2.75) is 37.8 Å². The lowest BCUT2D eigenvalue weighted by molar-refractivity contribution is -0.159. The fourth-order valence-corrected chi connectivity index (χ4v) is 3.86. The molecule has 0 unspecified atom stereocenters. The van der Waals surface area contributed by atoms with Crippen LogP contribution in [0.3, 0.4) is 0 Å². The van der Waals surface area contributed by atoms with Crippen molar-refractivity contribution in [2.75, 3.05) is 26.3 Å². The minimum Gasteiger partial charge on any atom is -0.381 e. The number of likely N-dealkylation sites (tertiary alicyclic amines) is 1. The van der Waals surface area contributed by atoms with Crippen LogP contribution >= 0.6 is 0 Å². The lowest BCUT2D eigenvalue weighted by Crippen LogP contribution is -2.43. The molecule has 4 rings (SSSR count). The first-order valence-electron chi connectivity index (χ1n) is 9.65. The quantitative estimate of drug-likeness (QED) is 0.773. The van der Waals surface area contributed by atoms with Crippen LogP contribution in [0.5, 0.6) is 0 Å². The molecule has 0 spiro atoms. The van der Waals surface area contributed by atoms with E-state index < -0.39 is 12.1 Å². The smallest absolute Gasteiger partial charge is 0.381 e. The molecule has 0 N–H and O–H groups in total. The molecule has 1 atom stereocenters. The van der Waals surface area contributed by atoms with Gasteiger partial charge in [0.15, 0.2) is 0 Å². The highest BCUT2D eigenvalue weighted by Gasteiger charge is 2.38. The number of amides is 1. The number of ether oxygens (including phenoxy) is 1. The van der Waals surface area contributed by atoms with Crippen molar-refractivity contribution in [1.29, 1.82) is 0 Å². The SMILES string of the molecule is O=C(C1CCOCC1)N1CCC[C@H](c2ccc(-c3noc(C(F)(F)F)n3)cn2)C1. The highest BCUT2D eigenvalue weighted by Crippen LogP contribution is 2.31. The first kappa shape index (κ1) is 19.8.